The van der Waals surface area contributed by atoms with E-state index < -0.39 is 24.7 Å². The highest BCUT2D eigenvalue weighted by atomic mass is 32.2. The minimum Gasteiger partial charge on any atom is -0.431 e. The standard InChI is InChI=1S/C20H17F4N3O2S/c1-30-16-5-2-14(3-6-16)27(11-13-9-25-12-26-10-13)15-4-7-17(28-19(21)22)18(8-15)29-20(23)24/h2-10,12,19-20H,11H2,1H3. The van der Waals surface area contributed by atoms with Crippen molar-refractivity contribution in [3.8, 4) is 11.5 Å². The van der Waals surface area contributed by atoms with Gasteiger partial charge in [0.05, 0.1) is 6.54 Å². The van der Waals surface area contributed by atoms with Crippen LogP contribution in [0.3, 0.4) is 0 Å². The van der Waals surface area contributed by atoms with E-state index in [9.17, 15) is 17.6 Å². The zero-order valence-corrected chi connectivity index (χ0v) is 16.5. The van der Waals surface area contributed by atoms with E-state index in [2.05, 4.69) is 19.4 Å². The third-order valence-corrected chi connectivity index (χ3v) is 4.75. The van der Waals surface area contributed by atoms with Crippen molar-refractivity contribution in [2.45, 2.75) is 24.7 Å². The van der Waals surface area contributed by atoms with Crippen molar-refractivity contribution >= 4 is 23.1 Å². The van der Waals surface area contributed by atoms with Gasteiger partial charge in [0.2, 0.25) is 0 Å². The van der Waals surface area contributed by atoms with E-state index in [1.807, 2.05) is 30.5 Å². The first kappa shape index (κ1) is 21.7. The minimum absolute atomic E-state index is 0.308. The number of alkyl halides is 4. The number of hydrogen-bond acceptors (Lipinski definition) is 6. The van der Waals surface area contributed by atoms with Crippen LogP contribution in [0.2, 0.25) is 0 Å². The summed E-state index contributed by atoms with van der Waals surface area (Å²) in [5, 5.41) is 0. The summed E-state index contributed by atoms with van der Waals surface area (Å²) in [4.78, 5) is 10.8. The van der Waals surface area contributed by atoms with Crippen molar-refractivity contribution in [2.75, 3.05) is 11.2 Å². The van der Waals surface area contributed by atoms with Crippen LogP contribution in [0.5, 0.6) is 11.5 Å². The molecule has 3 aromatic rings. The van der Waals surface area contributed by atoms with E-state index in [0.29, 0.717) is 12.2 Å². The van der Waals surface area contributed by atoms with Gasteiger partial charge in [-0.25, -0.2) is 9.97 Å². The lowest BCUT2D eigenvalue weighted by Crippen LogP contribution is -2.17. The average Bonchev–Trinajstić information content (AvgIpc) is 2.73. The number of ether oxygens (including phenoxy) is 2. The van der Waals surface area contributed by atoms with Crippen molar-refractivity contribution in [1.82, 2.24) is 9.97 Å². The highest BCUT2D eigenvalue weighted by Crippen LogP contribution is 2.37. The molecule has 0 amide bonds. The Bertz CT molecular complexity index is 947. The third kappa shape index (κ3) is 5.76. The molecule has 1 aromatic heterocycles. The molecule has 0 unspecified atom stereocenters. The van der Waals surface area contributed by atoms with Crippen molar-refractivity contribution in [3.05, 3.63) is 66.7 Å². The maximum atomic E-state index is 12.8. The van der Waals surface area contributed by atoms with Crippen LogP contribution in [-0.4, -0.2) is 29.4 Å². The fraction of sp³-hybridized carbons (Fsp3) is 0.200. The van der Waals surface area contributed by atoms with Gasteiger partial charge < -0.3 is 14.4 Å². The molecule has 30 heavy (non-hydrogen) atoms. The summed E-state index contributed by atoms with van der Waals surface area (Å²) >= 11 is 1.58. The third-order valence-electron chi connectivity index (χ3n) is 4.01. The summed E-state index contributed by atoms with van der Waals surface area (Å²) < 4.78 is 59.6. The summed E-state index contributed by atoms with van der Waals surface area (Å²) in [7, 11) is 0. The van der Waals surface area contributed by atoms with E-state index in [0.717, 1.165) is 16.1 Å². The molecule has 2 aromatic carbocycles. The molecule has 0 atom stereocenters. The summed E-state index contributed by atoms with van der Waals surface area (Å²) in [5.41, 5.74) is 1.95. The van der Waals surface area contributed by atoms with E-state index in [4.69, 9.17) is 0 Å². The van der Waals surface area contributed by atoms with E-state index in [-0.39, 0.29) is 0 Å². The monoisotopic (exact) mass is 439 g/mol. The number of benzene rings is 2. The highest BCUT2D eigenvalue weighted by Gasteiger charge is 2.19. The van der Waals surface area contributed by atoms with Gasteiger partial charge in [-0.3, -0.25) is 0 Å². The molecular formula is C20H17F4N3O2S. The molecule has 0 aliphatic heterocycles. The molecule has 1 heterocycles. The number of hydrogen-bond donors (Lipinski definition) is 0. The fourth-order valence-electron chi connectivity index (χ4n) is 2.73. The zero-order valence-electron chi connectivity index (χ0n) is 15.7. The molecule has 5 nitrogen and oxygen atoms in total. The van der Waals surface area contributed by atoms with Crippen LogP contribution in [0.25, 0.3) is 0 Å². The SMILES string of the molecule is CSc1ccc(N(Cc2cncnc2)c2ccc(OC(F)F)c(OC(F)F)c2)cc1. The predicted octanol–water partition coefficient (Wildman–Crippen LogP) is 5.74. The van der Waals surface area contributed by atoms with Crippen molar-refractivity contribution in [2.24, 2.45) is 0 Å². The average molecular weight is 439 g/mol. The summed E-state index contributed by atoms with van der Waals surface area (Å²) in [6.45, 7) is -6.06. The number of rotatable bonds is 9. The lowest BCUT2D eigenvalue weighted by Gasteiger charge is -2.26. The Kier molecular flexibility index (Phi) is 7.34. The molecule has 0 aliphatic carbocycles. The number of anilines is 2. The number of thioether (sulfide) groups is 1. The number of aromatic nitrogens is 2. The van der Waals surface area contributed by atoms with E-state index in [1.165, 1.54) is 24.5 Å². The number of nitrogens with zero attached hydrogens (tertiary/aromatic N) is 3. The fourth-order valence-corrected chi connectivity index (χ4v) is 3.14. The minimum atomic E-state index is -3.20. The molecule has 0 fully saturated rings. The molecule has 0 aliphatic rings. The second-order valence-corrected chi connectivity index (χ2v) is 6.80. The summed E-state index contributed by atoms with van der Waals surface area (Å²) in [6.07, 6.45) is 6.60. The van der Waals surface area contributed by atoms with Crippen LogP contribution in [0.4, 0.5) is 28.9 Å². The smallest absolute Gasteiger partial charge is 0.387 e. The van der Waals surface area contributed by atoms with Crippen LogP contribution in [-0.2, 0) is 6.54 Å². The van der Waals surface area contributed by atoms with Crippen LogP contribution < -0.4 is 14.4 Å². The van der Waals surface area contributed by atoms with Crippen molar-refractivity contribution < 1.29 is 27.0 Å². The van der Waals surface area contributed by atoms with Gasteiger partial charge in [-0.1, -0.05) is 0 Å². The highest BCUT2D eigenvalue weighted by molar-refractivity contribution is 7.98. The lowest BCUT2D eigenvalue weighted by molar-refractivity contribution is -0.0692. The Hall–Kier alpha value is -3.01. The molecule has 0 saturated carbocycles. The van der Waals surface area contributed by atoms with Crippen LogP contribution in [0.15, 0.2) is 66.1 Å². The first-order valence-corrected chi connectivity index (χ1v) is 9.88. The topological polar surface area (TPSA) is 47.5 Å². The first-order valence-electron chi connectivity index (χ1n) is 8.65. The van der Waals surface area contributed by atoms with Crippen LogP contribution in [0, 0.1) is 0 Å². The van der Waals surface area contributed by atoms with E-state index in [1.54, 1.807) is 29.1 Å². The maximum absolute atomic E-state index is 12.8. The summed E-state index contributed by atoms with van der Waals surface area (Å²) in [6, 6.07) is 11.5. The second kappa shape index (κ2) is 10.1. The van der Waals surface area contributed by atoms with Crippen molar-refractivity contribution in [1.29, 1.82) is 0 Å². The van der Waals surface area contributed by atoms with Gasteiger partial charge in [0.15, 0.2) is 11.5 Å². The molecule has 158 valence electrons. The molecule has 10 heteroatoms. The van der Waals surface area contributed by atoms with Gasteiger partial charge in [0.1, 0.15) is 6.33 Å². The molecule has 0 N–H and O–H groups in total. The van der Waals surface area contributed by atoms with E-state index >= 15 is 0 Å². The van der Waals surface area contributed by atoms with Gasteiger partial charge >= 0.3 is 13.2 Å². The van der Waals surface area contributed by atoms with Crippen molar-refractivity contribution in [3.63, 3.8) is 0 Å². The normalized spacial score (nSPS) is 11.0. The van der Waals surface area contributed by atoms with Crippen LogP contribution >= 0.6 is 11.8 Å². The molecule has 0 spiro atoms. The molecule has 3 rings (SSSR count). The lowest BCUT2D eigenvalue weighted by atomic mass is 10.2. The second-order valence-electron chi connectivity index (χ2n) is 5.92. The van der Waals surface area contributed by atoms with Gasteiger partial charge in [-0.05, 0) is 42.7 Å². The van der Waals surface area contributed by atoms with Gasteiger partial charge in [0, 0.05) is 40.3 Å². The van der Waals surface area contributed by atoms with Gasteiger partial charge in [-0.2, -0.15) is 17.6 Å². The molecule has 0 radical (unpaired) electrons. The first-order chi connectivity index (χ1) is 14.5. The quantitative estimate of drug-likeness (QED) is 0.313. The Morgan fingerprint density at radius 2 is 1.47 bits per heavy atom. The Morgan fingerprint density at radius 1 is 0.867 bits per heavy atom. The predicted molar refractivity (Wildman–Crippen MR) is 106 cm³/mol. The van der Waals surface area contributed by atoms with Gasteiger partial charge in [-0.15, -0.1) is 11.8 Å². The Morgan fingerprint density at radius 3 is 2.07 bits per heavy atom. The molecule has 0 saturated heterocycles. The Balaban J connectivity index is 2.02. The summed E-state index contributed by atoms with van der Waals surface area (Å²) in [5.74, 6) is -0.965. The largest absolute Gasteiger partial charge is 0.431 e. The number of halogens is 4. The Labute approximate surface area is 174 Å². The molecular weight excluding hydrogens is 422 g/mol. The maximum Gasteiger partial charge on any atom is 0.387 e. The molecule has 0 bridgehead atoms. The van der Waals surface area contributed by atoms with Gasteiger partial charge in [0.25, 0.3) is 0 Å². The zero-order chi connectivity index (χ0) is 21.5. The van der Waals surface area contributed by atoms with Crippen LogP contribution in [0.1, 0.15) is 5.56 Å².